The number of rotatable bonds is 5. The van der Waals surface area contributed by atoms with E-state index in [9.17, 15) is 0 Å². The van der Waals surface area contributed by atoms with Crippen molar-refractivity contribution in [2.24, 2.45) is 0 Å². The fraction of sp³-hybridized carbons (Fsp3) is 0.385. The molecule has 1 aromatic rings. The average Bonchev–Trinajstić information content (AvgIpc) is 2.34. The van der Waals surface area contributed by atoms with Gasteiger partial charge in [-0.05, 0) is 24.6 Å². The Morgan fingerprint density at radius 3 is 2.50 bits per heavy atom. The van der Waals surface area contributed by atoms with E-state index in [1.807, 2.05) is 12.1 Å². The molecule has 3 nitrogen and oxygen atoms in total. The topological polar surface area (TPSA) is 56.8 Å². The van der Waals surface area contributed by atoms with Gasteiger partial charge in [-0.1, -0.05) is 19.8 Å². The lowest BCUT2D eigenvalue weighted by atomic mass is 10.1. The molecule has 0 aliphatic heterocycles. The summed E-state index contributed by atoms with van der Waals surface area (Å²) < 4.78 is 5.49. The molecule has 1 rings (SSSR count). The molecule has 0 amide bonds. The second-order valence-corrected chi connectivity index (χ2v) is 3.49. The summed E-state index contributed by atoms with van der Waals surface area (Å²) in [5.41, 5.74) is 0.763. The number of unbranched alkanes of at least 4 members (excludes halogenated alkanes) is 2. The van der Waals surface area contributed by atoms with Crippen LogP contribution in [0.1, 0.15) is 37.3 Å². The van der Waals surface area contributed by atoms with Crippen LogP contribution in [0.15, 0.2) is 18.2 Å². The largest absolute Gasteiger partial charge is 0.494 e. The molecule has 82 valence electrons. The lowest BCUT2D eigenvalue weighted by molar-refractivity contribution is 0.306. The Balaban J connectivity index is 2.63. The summed E-state index contributed by atoms with van der Waals surface area (Å²) in [4.78, 5) is 0. The van der Waals surface area contributed by atoms with Crippen LogP contribution < -0.4 is 4.74 Å². The molecule has 0 fully saturated rings. The quantitative estimate of drug-likeness (QED) is 0.708. The maximum Gasteiger partial charge on any atom is 0.120 e. The molecule has 0 radical (unpaired) electrons. The molecule has 3 heteroatoms. The molecule has 0 aliphatic rings. The van der Waals surface area contributed by atoms with Gasteiger partial charge in [0.2, 0.25) is 0 Å². The highest BCUT2D eigenvalue weighted by Crippen LogP contribution is 2.17. The van der Waals surface area contributed by atoms with Crippen molar-refractivity contribution in [3.63, 3.8) is 0 Å². The molecule has 0 saturated heterocycles. The highest BCUT2D eigenvalue weighted by molar-refractivity contribution is 5.49. The number of nitriles is 2. The molecule has 0 aromatic heterocycles. The van der Waals surface area contributed by atoms with Gasteiger partial charge < -0.3 is 4.74 Å². The third-order valence-electron chi connectivity index (χ3n) is 2.25. The predicted octanol–water partition coefficient (Wildman–Crippen LogP) is 3.00. The Hall–Kier alpha value is -2.00. The lowest BCUT2D eigenvalue weighted by Crippen LogP contribution is -1.97. The van der Waals surface area contributed by atoms with Crippen molar-refractivity contribution in [2.75, 3.05) is 6.61 Å². The molecule has 0 heterocycles. The van der Waals surface area contributed by atoms with E-state index in [0.717, 1.165) is 19.3 Å². The van der Waals surface area contributed by atoms with E-state index >= 15 is 0 Å². The lowest BCUT2D eigenvalue weighted by Gasteiger charge is -2.06. The second kappa shape index (κ2) is 6.48. The van der Waals surface area contributed by atoms with Crippen LogP contribution in [-0.4, -0.2) is 6.61 Å². The normalized spacial score (nSPS) is 9.19. The van der Waals surface area contributed by atoms with Crippen LogP contribution in [0.2, 0.25) is 0 Å². The Bertz CT molecular complexity index is 427. The maximum atomic E-state index is 8.83. The van der Waals surface area contributed by atoms with Crippen LogP contribution >= 0.6 is 0 Å². The Morgan fingerprint density at radius 1 is 1.12 bits per heavy atom. The predicted molar refractivity (Wildman–Crippen MR) is 60.9 cm³/mol. The summed E-state index contributed by atoms with van der Waals surface area (Å²) in [6.45, 7) is 2.79. The van der Waals surface area contributed by atoms with Crippen molar-refractivity contribution in [3.05, 3.63) is 29.3 Å². The Kier molecular flexibility index (Phi) is 4.89. The fourth-order valence-corrected chi connectivity index (χ4v) is 1.35. The first-order valence-electron chi connectivity index (χ1n) is 5.39. The Morgan fingerprint density at radius 2 is 1.88 bits per heavy atom. The van der Waals surface area contributed by atoms with Crippen LogP contribution in [0.3, 0.4) is 0 Å². The molecular formula is C13H14N2O. The highest BCUT2D eigenvalue weighted by Gasteiger charge is 2.03. The van der Waals surface area contributed by atoms with Crippen LogP contribution in [0, 0.1) is 22.7 Å². The molecule has 0 unspecified atom stereocenters. The standard InChI is InChI=1S/C13H14N2O/c1-2-3-4-7-16-13-6-5-11(9-14)12(8-13)10-15/h5-6,8H,2-4,7H2,1H3. The summed E-state index contributed by atoms with van der Waals surface area (Å²) in [5, 5.41) is 17.6. The number of hydrogen-bond acceptors (Lipinski definition) is 3. The van der Waals surface area contributed by atoms with E-state index in [4.69, 9.17) is 15.3 Å². The first kappa shape index (κ1) is 12.1. The van der Waals surface area contributed by atoms with E-state index in [-0.39, 0.29) is 0 Å². The van der Waals surface area contributed by atoms with Gasteiger partial charge in [0, 0.05) is 0 Å². The number of benzene rings is 1. The molecular weight excluding hydrogens is 200 g/mol. The van der Waals surface area contributed by atoms with Crippen molar-refractivity contribution >= 4 is 0 Å². The number of hydrogen-bond donors (Lipinski definition) is 0. The van der Waals surface area contributed by atoms with Gasteiger partial charge >= 0.3 is 0 Å². The summed E-state index contributed by atoms with van der Waals surface area (Å²) in [6.07, 6.45) is 3.31. The zero-order valence-electron chi connectivity index (χ0n) is 9.36. The van der Waals surface area contributed by atoms with Gasteiger partial charge in [-0.2, -0.15) is 10.5 Å². The SMILES string of the molecule is CCCCCOc1ccc(C#N)c(C#N)c1. The zero-order valence-corrected chi connectivity index (χ0v) is 9.36. The highest BCUT2D eigenvalue weighted by atomic mass is 16.5. The molecule has 0 N–H and O–H groups in total. The van der Waals surface area contributed by atoms with Gasteiger partial charge in [0.05, 0.1) is 17.7 Å². The molecule has 0 spiro atoms. The van der Waals surface area contributed by atoms with Gasteiger partial charge in [0.15, 0.2) is 0 Å². The molecule has 1 aromatic carbocycles. The van der Waals surface area contributed by atoms with E-state index in [2.05, 4.69) is 6.92 Å². The summed E-state index contributed by atoms with van der Waals surface area (Å²) in [7, 11) is 0. The van der Waals surface area contributed by atoms with Crippen molar-refractivity contribution in [3.8, 4) is 17.9 Å². The van der Waals surface area contributed by atoms with Crippen molar-refractivity contribution in [1.29, 1.82) is 10.5 Å². The van der Waals surface area contributed by atoms with Crippen molar-refractivity contribution < 1.29 is 4.74 Å². The molecule has 0 bridgehead atoms. The Labute approximate surface area is 95.9 Å². The molecule has 16 heavy (non-hydrogen) atoms. The minimum atomic E-state index is 0.371. The van der Waals surface area contributed by atoms with Crippen molar-refractivity contribution in [1.82, 2.24) is 0 Å². The molecule has 0 atom stereocenters. The van der Waals surface area contributed by atoms with Gasteiger partial charge in [0.25, 0.3) is 0 Å². The third kappa shape index (κ3) is 3.29. The zero-order chi connectivity index (χ0) is 11.8. The average molecular weight is 214 g/mol. The van der Waals surface area contributed by atoms with Gasteiger partial charge in [-0.25, -0.2) is 0 Å². The smallest absolute Gasteiger partial charge is 0.120 e. The first-order valence-corrected chi connectivity index (χ1v) is 5.39. The summed E-state index contributed by atoms with van der Waals surface area (Å²) in [6, 6.07) is 8.92. The minimum absolute atomic E-state index is 0.371. The van der Waals surface area contributed by atoms with E-state index < -0.39 is 0 Å². The monoisotopic (exact) mass is 214 g/mol. The summed E-state index contributed by atoms with van der Waals surface area (Å²) in [5.74, 6) is 0.659. The second-order valence-electron chi connectivity index (χ2n) is 3.49. The first-order chi connectivity index (χ1) is 7.81. The van der Waals surface area contributed by atoms with Crippen LogP contribution in [0.25, 0.3) is 0 Å². The van der Waals surface area contributed by atoms with Gasteiger partial charge in [-0.3, -0.25) is 0 Å². The van der Waals surface area contributed by atoms with Crippen LogP contribution in [0.4, 0.5) is 0 Å². The van der Waals surface area contributed by atoms with Gasteiger partial charge in [0.1, 0.15) is 17.9 Å². The maximum absolute atomic E-state index is 8.83. The molecule has 0 saturated carbocycles. The summed E-state index contributed by atoms with van der Waals surface area (Å²) >= 11 is 0. The number of nitrogens with zero attached hydrogens (tertiary/aromatic N) is 2. The molecule has 0 aliphatic carbocycles. The van der Waals surface area contributed by atoms with Gasteiger partial charge in [-0.15, -0.1) is 0 Å². The van der Waals surface area contributed by atoms with Crippen LogP contribution in [0.5, 0.6) is 5.75 Å². The van der Waals surface area contributed by atoms with E-state index in [1.165, 1.54) is 0 Å². The van der Waals surface area contributed by atoms with Crippen LogP contribution in [-0.2, 0) is 0 Å². The minimum Gasteiger partial charge on any atom is -0.494 e. The third-order valence-corrected chi connectivity index (χ3v) is 2.25. The van der Waals surface area contributed by atoms with E-state index in [1.54, 1.807) is 18.2 Å². The fourth-order valence-electron chi connectivity index (χ4n) is 1.35. The van der Waals surface area contributed by atoms with Crippen molar-refractivity contribution in [2.45, 2.75) is 26.2 Å². The van der Waals surface area contributed by atoms with E-state index in [0.29, 0.717) is 23.5 Å². The number of ether oxygens (including phenoxy) is 1.